The number of hydrogen-bond donors (Lipinski definition) is 0. The molecule has 0 N–H and O–H groups in total. The topological polar surface area (TPSA) is 9.23 Å². The lowest BCUT2D eigenvalue weighted by atomic mass is 10.0. The normalized spacial score (nSPS) is 12.8. The molecule has 0 aromatic heterocycles. The minimum absolute atomic E-state index is 0.405. The molecule has 1 rings (SSSR count). The summed E-state index contributed by atoms with van der Waals surface area (Å²) in [5.41, 5.74) is 1.25. The van der Waals surface area contributed by atoms with Crippen LogP contribution in [0.25, 0.3) is 0 Å². The van der Waals surface area contributed by atoms with Crippen LogP contribution in [0, 0.1) is 0 Å². The zero-order valence-electron chi connectivity index (χ0n) is 7.47. The number of halogens is 2. The van der Waals surface area contributed by atoms with E-state index in [9.17, 15) is 0 Å². The molecule has 3 heteroatoms. The Labute approximate surface area is 92.2 Å². The van der Waals surface area contributed by atoms with E-state index in [4.69, 9.17) is 16.3 Å². The van der Waals surface area contributed by atoms with E-state index in [1.54, 1.807) is 7.11 Å². The van der Waals surface area contributed by atoms with Crippen LogP contribution in [-0.4, -0.2) is 19.0 Å². The van der Waals surface area contributed by atoms with Gasteiger partial charge in [0.15, 0.2) is 0 Å². The highest BCUT2D eigenvalue weighted by atomic mass is 79.9. The molecule has 0 amide bonds. The Morgan fingerprint density at radius 3 is 2.46 bits per heavy atom. The summed E-state index contributed by atoms with van der Waals surface area (Å²) in [5, 5.41) is 1.68. The SMILES string of the molecule is COCC(CBr)c1ccc(Cl)cc1. The van der Waals surface area contributed by atoms with E-state index in [0.29, 0.717) is 5.92 Å². The summed E-state index contributed by atoms with van der Waals surface area (Å²) >= 11 is 9.25. The molecule has 0 aliphatic heterocycles. The quantitative estimate of drug-likeness (QED) is 0.756. The van der Waals surface area contributed by atoms with Crippen molar-refractivity contribution in [3.05, 3.63) is 34.9 Å². The Morgan fingerprint density at radius 2 is 2.00 bits per heavy atom. The maximum atomic E-state index is 5.79. The van der Waals surface area contributed by atoms with Crippen molar-refractivity contribution in [2.24, 2.45) is 0 Å². The largest absolute Gasteiger partial charge is 0.384 e. The fraction of sp³-hybridized carbons (Fsp3) is 0.400. The molecule has 0 aliphatic rings. The van der Waals surface area contributed by atoms with E-state index in [2.05, 4.69) is 15.9 Å². The minimum Gasteiger partial charge on any atom is -0.384 e. The van der Waals surface area contributed by atoms with E-state index in [0.717, 1.165) is 17.0 Å². The summed E-state index contributed by atoms with van der Waals surface area (Å²) in [7, 11) is 1.71. The highest BCUT2D eigenvalue weighted by Gasteiger charge is 2.08. The van der Waals surface area contributed by atoms with Crippen molar-refractivity contribution in [2.75, 3.05) is 19.0 Å². The molecule has 0 radical (unpaired) electrons. The van der Waals surface area contributed by atoms with Gasteiger partial charge in [0.05, 0.1) is 6.61 Å². The van der Waals surface area contributed by atoms with Gasteiger partial charge in [-0.2, -0.15) is 0 Å². The first-order valence-electron chi connectivity index (χ1n) is 4.08. The Morgan fingerprint density at radius 1 is 1.38 bits per heavy atom. The first-order chi connectivity index (χ1) is 6.27. The minimum atomic E-state index is 0.405. The van der Waals surface area contributed by atoms with Gasteiger partial charge in [-0.25, -0.2) is 0 Å². The average Bonchev–Trinajstić information content (AvgIpc) is 2.16. The standard InChI is InChI=1S/C10H12BrClO/c1-13-7-9(6-11)8-2-4-10(12)5-3-8/h2-5,9H,6-7H2,1H3. The molecule has 0 aliphatic carbocycles. The molecule has 0 saturated heterocycles. The number of rotatable bonds is 4. The van der Waals surface area contributed by atoms with Crippen molar-refractivity contribution in [2.45, 2.75) is 5.92 Å². The van der Waals surface area contributed by atoms with Crippen LogP contribution < -0.4 is 0 Å². The van der Waals surface area contributed by atoms with Crippen molar-refractivity contribution in [1.29, 1.82) is 0 Å². The number of hydrogen-bond acceptors (Lipinski definition) is 1. The van der Waals surface area contributed by atoms with Crippen molar-refractivity contribution < 1.29 is 4.74 Å². The molecule has 72 valence electrons. The van der Waals surface area contributed by atoms with Gasteiger partial charge in [0.1, 0.15) is 0 Å². The molecule has 0 bridgehead atoms. The molecule has 1 unspecified atom stereocenters. The molecular formula is C10H12BrClO. The fourth-order valence-corrected chi connectivity index (χ4v) is 1.85. The number of methoxy groups -OCH3 is 1. The molecule has 0 spiro atoms. The lowest BCUT2D eigenvalue weighted by Gasteiger charge is -2.12. The predicted octanol–water partition coefficient (Wildman–Crippen LogP) is 3.46. The number of ether oxygens (including phenoxy) is 1. The van der Waals surface area contributed by atoms with Gasteiger partial charge in [-0.15, -0.1) is 0 Å². The molecule has 0 heterocycles. The van der Waals surface area contributed by atoms with Crippen LogP contribution in [0.2, 0.25) is 5.02 Å². The van der Waals surface area contributed by atoms with Crippen LogP contribution in [0.15, 0.2) is 24.3 Å². The van der Waals surface area contributed by atoms with Crippen molar-refractivity contribution in [3.63, 3.8) is 0 Å². The lowest BCUT2D eigenvalue weighted by molar-refractivity contribution is 0.186. The summed E-state index contributed by atoms with van der Waals surface area (Å²) in [6, 6.07) is 7.88. The Kier molecular flexibility index (Phi) is 4.78. The second-order valence-electron chi connectivity index (χ2n) is 2.86. The smallest absolute Gasteiger partial charge is 0.0539 e. The molecule has 0 saturated carbocycles. The number of alkyl halides is 1. The van der Waals surface area contributed by atoms with Gasteiger partial charge in [-0.3, -0.25) is 0 Å². The van der Waals surface area contributed by atoms with Crippen LogP contribution in [0.3, 0.4) is 0 Å². The summed E-state index contributed by atoms with van der Waals surface area (Å²) < 4.78 is 5.12. The summed E-state index contributed by atoms with van der Waals surface area (Å²) in [4.78, 5) is 0. The maximum Gasteiger partial charge on any atom is 0.0539 e. The first kappa shape index (κ1) is 11.0. The van der Waals surface area contributed by atoms with Gasteiger partial charge in [0.2, 0.25) is 0 Å². The highest BCUT2D eigenvalue weighted by molar-refractivity contribution is 9.09. The molecular weight excluding hydrogens is 251 g/mol. The summed E-state index contributed by atoms with van der Waals surface area (Å²) in [6.07, 6.45) is 0. The fourth-order valence-electron chi connectivity index (χ4n) is 1.17. The van der Waals surface area contributed by atoms with Gasteiger partial charge in [-0.05, 0) is 17.7 Å². The van der Waals surface area contributed by atoms with Gasteiger partial charge >= 0.3 is 0 Å². The monoisotopic (exact) mass is 262 g/mol. The van der Waals surface area contributed by atoms with Crippen LogP contribution in [0.4, 0.5) is 0 Å². The van der Waals surface area contributed by atoms with Crippen LogP contribution >= 0.6 is 27.5 Å². The van der Waals surface area contributed by atoms with Gasteiger partial charge in [0, 0.05) is 23.4 Å². The van der Waals surface area contributed by atoms with Gasteiger partial charge in [-0.1, -0.05) is 39.7 Å². The van der Waals surface area contributed by atoms with E-state index in [1.165, 1.54) is 5.56 Å². The van der Waals surface area contributed by atoms with Crippen LogP contribution in [0.1, 0.15) is 11.5 Å². The number of benzene rings is 1. The van der Waals surface area contributed by atoms with E-state index < -0.39 is 0 Å². The Balaban J connectivity index is 2.73. The second-order valence-corrected chi connectivity index (χ2v) is 3.94. The Hall–Kier alpha value is -0.0500. The second kappa shape index (κ2) is 5.63. The molecule has 1 aromatic carbocycles. The average molecular weight is 264 g/mol. The van der Waals surface area contributed by atoms with Crippen molar-refractivity contribution in [1.82, 2.24) is 0 Å². The van der Waals surface area contributed by atoms with Crippen molar-refractivity contribution in [3.8, 4) is 0 Å². The zero-order chi connectivity index (χ0) is 9.68. The third-order valence-electron chi connectivity index (χ3n) is 1.90. The van der Waals surface area contributed by atoms with E-state index in [-0.39, 0.29) is 0 Å². The molecule has 0 fully saturated rings. The third kappa shape index (κ3) is 3.29. The van der Waals surface area contributed by atoms with E-state index >= 15 is 0 Å². The molecule has 1 aromatic rings. The van der Waals surface area contributed by atoms with Crippen LogP contribution in [0.5, 0.6) is 0 Å². The van der Waals surface area contributed by atoms with Gasteiger partial charge < -0.3 is 4.74 Å². The Bertz CT molecular complexity index is 248. The lowest BCUT2D eigenvalue weighted by Crippen LogP contribution is -2.07. The predicted molar refractivity (Wildman–Crippen MR) is 59.9 cm³/mol. The molecule has 1 nitrogen and oxygen atoms in total. The van der Waals surface area contributed by atoms with E-state index in [1.807, 2.05) is 24.3 Å². The van der Waals surface area contributed by atoms with Gasteiger partial charge in [0.25, 0.3) is 0 Å². The molecule has 1 atom stereocenters. The zero-order valence-corrected chi connectivity index (χ0v) is 9.81. The highest BCUT2D eigenvalue weighted by Crippen LogP contribution is 2.20. The van der Waals surface area contributed by atoms with Crippen LogP contribution in [-0.2, 0) is 4.74 Å². The molecule has 13 heavy (non-hydrogen) atoms. The maximum absolute atomic E-state index is 5.79. The summed E-state index contributed by atoms with van der Waals surface area (Å²) in [5.74, 6) is 0.405. The summed E-state index contributed by atoms with van der Waals surface area (Å²) in [6.45, 7) is 0.729. The first-order valence-corrected chi connectivity index (χ1v) is 5.58. The third-order valence-corrected chi connectivity index (χ3v) is 2.93. The van der Waals surface area contributed by atoms with Crippen molar-refractivity contribution >= 4 is 27.5 Å².